The number of pyridine rings is 1. The molecule has 1 aliphatic rings. The maximum Gasteiger partial charge on any atom is 0.265 e. The number of fused-ring (bicyclic) bond motifs is 3. The van der Waals surface area contributed by atoms with Crippen LogP contribution in [0.25, 0.3) is 16.9 Å². The lowest BCUT2D eigenvalue weighted by molar-refractivity contribution is 0.590. The molecule has 0 N–H and O–H groups in total. The summed E-state index contributed by atoms with van der Waals surface area (Å²) in [5.74, 6) is 0.398. The van der Waals surface area contributed by atoms with Gasteiger partial charge in [-0.3, -0.25) is 0 Å². The Balaban J connectivity index is 1.66. The second kappa shape index (κ2) is 8.01. The minimum Gasteiger partial charge on any atom is -0.249 e. The summed E-state index contributed by atoms with van der Waals surface area (Å²) in [5, 5.41) is 5.60. The van der Waals surface area contributed by atoms with Crippen molar-refractivity contribution in [1.82, 2.24) is 14.8 Å². The number of rotatable bonds is 3. The van der Waals surface area contributed by atoms with Gasteiger partial charge in [-0.25, -0.2) is 22.4 Å². The van der Waals surface area contributed by atoms with Gasteiger partial charge in [0, 0.05) is 34.6 Å². The largest absolute Gasteiger partial charge is 0.265 e. The number of benzene rings is 2. The van der Waals surface area contributed by atoms with Crippen molar-refractivity contribution in [1.29, 1.82) is 0 Å². The average Bonchev–Trinajstić information content (AvgIpc) is 3.00. The zero-order valence-electron chi connectivity index (χ0n) is 18.6. The predicted molar refractivity (Wildman–Crippen MR) is 131 cm³/mol. The van der Waals surface area contributed by atoms with E-state index in [9.17, 15) is 8.42 Å². The van der Waals surface area contributed by atoms with E-state index < -0.39 is 10.0 Å². The van der Waals surface area contributed by atoms with Gasteiger partial charge in [-0.1, -0.05) is 29.3 Å². The number of hydrogen-bond donors (Lipinski definition) is 0. The van der Waals surface area contributed by atoms with Gasteiger partial charge in [0.2, 0.25) is 0 Å². The zero-order chi connectivity index (χ0) is 23.3. The van der Waals surface area contributed by atoms with Crippen LogP contribution in [-0.2, 0) is 16.4 Å². The van der Waals surface area contributed by atoms with E-state index in [0.29, 0.717) is 22.8 Å². The van der Waals surface area contributed by atoms with Crippen LogP contribution in [0.1, 0.15) is 22.4 Å². The number of halogens is 1. The molecule has 4 aromatic rings. The van der Waals surface area contributed by atoms with Gasteiger partial charge in [0.15, 0.2) is 5.82 Å². The summed E-state index contributed by atoms with van der Waals surface area (Å²) >= 11 is 6.15. The molecule has 2 aromatic heterocycles. The monoisotopic (exact) mass is 478 g/mol. The molecule has 0 amide bonds. The summed E-state index contributed by atoms with van der Waals surface area (Å²) in [6.07, 6.45) is 2.14. The van der Waals surface area contributed by atoms with Crippen molar-refractivity contribution < 1.29 is 8.42 Å². The Morgan fingerprint density at radius 2 is 1.76 bits per heavy atom. The molecule has 0 saturated heterocycles. The molecule has 1 aliphatic heterocycles. The summed E-state index contributed by atoms with van der Waals surface area (Å²) in [6, 6.07) is 16.3. The standard InChI is InChI=1S/C25H23ClN4O2S/c1-16-6-9-20(10-7-16)33(31,32)29-14-12-21-18(3)30(23-11-8-19(26)15-17(23)2)28-24(21)22-5-4-13-27-25(22)29/h4-11,13,15H,12,14H2,1-3H3. The maximum atomic E-state index is 13.6. The summed E-state index contributed by atoms with van der Waals surface area (Å²) < 4.78 is 30.5. The normalized spacial score (nSPS) is 13.4. The smallest absolute Gasteiger partial charge is 0.249 e. The molecular formula is C25H23ClN4O2S. The lowest BCUT2D eigenvalue weighted by Crippen LogP contribution is -2.33. The number of anilines is 1. The summed E-state index contributed by atoms with van der Waals surface area (Å²) in [7, 11) is -3.78. The fourth-order valence-electron chi connectivity index (χ4n) is 4.31. The highest BCUT2D eigenvalue weighted by molar-refractivity contribution is 7.92. The summed E-state index contributed by atoms with van der Waals surface area (Å²) in [5.41, 5.74) is 6.41. The molecule has 0 saturated carbocycles. The Morgan fingerprint density at radius 1 is 1.00 bits per heavy atom. The molecule has 0 unspecified atom stereocenters. The van der Waals surface area contributed by atoms with E-state index in [-0.39, 0.29) is 11.4 Å². The highest BCUT2D eigenvalue weighted by atomic mass is 35.5. The molecule has 0 atom stereocenters. The fourth-order valence-corrected chi connectivity index (χ4v) is 5.98. The predicted octanol–water partition coefficient (Wildman–Crippen LogP) is 5.26. The third kappa shape index (κ3) is 3.61. The lowest BCUT2D eigenvalue weighted by Gasteiger charge is -2.23. The molecule has 0 aliphatic carbocycles. The van der Waals surface area contributed by atoms with Crippen molar-refractivity contribution in [2.45, 2.75) is 32.1 Å². The molecule has 8 heteroatoms. The van der Waals surface area contributed by atoms with Crippen molar-refractivity contribution in [2.75, 3.05) is 10.8 Å². The average molecular weight is 479 g/mol. The van der Waals surface area contributed by atoms with E-state index >= 15 is 0 Å². The summed E-state index contributed by atoms with van der Waals surface area (Å²) in [4.78, 5) is 4.74. The first-order valence-electron chi connectivity index (χ1n) is 10.7. The van der Waals surface area contributed by atoms with E-state index in [2.05, 4.69) is 4.98 Å². The number of aryl methyl sites for hydroxylation is 2. The maximum absolute atomic E-state index is 13.6. The Kier molecular flexibility index (Phi) is 5.26. The van der Waals surface area contributed by atoms with Crippen molar-refractivity contribution in [3.8, 4) is 16.9 Å². The minimum atomic E-state index is -3.78. The van der Waals surface area contributed by atoms with Crippen LogP contribution < -0.4 is 4.31 Å². The third-order valence-corrected chi connectivity index (χ3v) is 8.12. The number of nitrogens with zero attached hydrogens (tertiary/aromatic N) is 4. The highest BCUT2D eigenvalue weighted by Crippen LogP contribution is 2.38. The van der Waals surface area contributed by atoms with Crippen LogP contribution >= 0.6 is 11.6 Å². The van der Waals surface area contributed by atoms with Crippen molar-refractivity contribution in [2.24, 2.45) is 0 Å². The SMILES string of the molecule is Cc1ccc(S(=O)(=O)N2CCc3c(nn(-c4ccc(Cl)cc4C)c3C)-c3cccnc32)cc1. The van der Waals surface area contributed by atoms with Gasteiger partial charge in [-0.05, 0) is 75.2 Å². The van der Waals surface area contributed by atoms with Gasteiger partial charge in [0.25, 0.3) is 10.0 Å². The molecule has 0 spiro atoms. The van der Waals surface area contributed by atoms with Crippen molar-refractivity contribution >= 4 is 27.4 Å². The third-order valence-electron chi connectivity index (χ3n) is 6.08. The molecule has 5 rings (SSSR count). The Bertz CT molecular complexity index is 1480. The quantitative estimate of drug-likeness (QED) is 0.402. The van der Waals surface area contributed by atoms with Crippen LogP contribution in [0.5, 0.6) is 0 Å². The fraction of sp³-hybridized carbons (Fsp3) is 0.200. The van der Waals surface area contributed by atoms with Crippen LogP contribution in [-0.4, -0.2) is 29.7 Å². The lowest BCUT2D eigenvalue weighted by atomic mass is 10.1. The molecule has 0 fully saturated rings. The molecule has 2 aromatic carbocycles. The van der Waals surface area contributed by atoms with Gasteiger partial charge in [0.1, 0.15) is 5.69 Å². The van der Waals surface area contributed by atoms with Gasteiger partial charge in [-0.2, -0.15) is 5.10 Å². The first kappa shape index (κ1) is 21.7. The Labute approximate surface area is 198 Å². The van der Waals surface area contributed by atoms with Crippen molar-refractivity contribution in [3.05, 3.63) is 88.2 Å². The number of sulfonamides is 1. The van der Waals surface area contributed by atoms with Crippen LogP contribution in [0, 0.1) is 20.8 Å². The molecule has 6 nitrogen and oxygen atoms in total. The molecule has 3 heterocycles. The Hall–Kier alpha value is -3.16. The van der Waals surface area contributed by atoms with E-state index in [1.165, 1.54) is 4.31 Å². The zero-order valence-corrected chi connectivity index (χ0v) is 20.2. The van der Waals surface area contributed by atoms with Crippen molar-refractivity contribution in [3.63, 3.8) is 0 Å². The van der Waals surface area contributed by atoms with E-state index in [1.54, 1.807) is 18.3 Å². The van der Waals surface area contributed by atoms with Crippen LogP contribution in [0.15, 0.2) is 65.7 Å². The topological polar surface area (TPSA) is 68.1 Å². The molecule has 0 radical (unpaired) electrons. The molecule has 168 valence electrons. The van der Waals surface area contributed by atoms with Crippen LogP contribution in [0.3, 0.4) is 0 Å². The van der Waals surface area contributed by atoms with Gasteiger partial charge in [0.05, 0.1) is 10.6 Å². The second-order valence-electron chi connectivity index (χ2n) is 8.27. The highest BCUT2D eigenvalue weighted by Gasteiger charge is 2.33. The number of hydrogen-bond acceptors (Lipinski definition) is 4. The second-order valence-corrected chi connectivity index (χ2v) is 10.6. The number of aromatic nitrogens is 3. The van der Waals surface area contributed by atoms with Gasteiger partial charge in [-0.15, -0.1) is 0 Å². The van der Waals surface area contributed by atoms with Gasteiger partial charge >= 0.3 is 0 Å². The van der Waals surface area contributed by atoms with E-state index in [4.69, 9.17) is 16.7 Å². The van der Waals surface area contributed by atoms with E-state index in [0.717, 1.165) is 33.8 Å². The Morgan fingerprint density at radius 3 is 2.48 bits per heavy atom. The first-order chi connectivity index (χ1) is 15.8. The summed E-state index contributed by atoms with van der Waals surface area (Å²) in [6.45, 7) is 6.22. The van der Waals surface area contributed by atoms with Gasteiger partial charge < -0.3 is 0 Å². The van der Waals surface area contributed by atoms with Crippen LogP contribution in [0.4, 0.5) is 5.82 Å². The molecular weight excluding hydrogens is 456 g/mol. The molecule has 33 heavy (non-hydrogen) atoms. The first-order valence-corrected chi connectivity index (χ1v) is 12.5. The van der Waals surface area contributed by atoms with E-state index in [1.807, 2.05) is 67.9 Å². The minimum absolute atomic E-state index is 0.253. The van der Waals surface area contributed by atoms with Crippen LogP contribution in [0.2, 0.25) is 5.02 Å². The molecule has 0 bridgehead atoms.